The Morgan fingerprint density at radius 2 is 2.17 bits per heavy atom. The van der Waals surface area contributed by atoms with Crippen LogP contribution in [0.2, 0.25) is 0 Å². The average Bonchev–Trinajstić information content (AvgIpc) is 3.12. The predicted molar refractivity (Wildman–Crippen MR) is 94.2 cm³/mol. The number of hydrogen-bond acceptors (Lipinski definition) is 6. The zero-order valence-electron chi connectivity index (χ0n) is 13.2. The van der Waals surface area contributed by atoms with Gasteiger partial charge in [0.15, 0.2) is 0 Å². The van der Waals surface area contributed by atoms with E-state index in [9.17, 15) is 9.59 Å². The molecule has 0 saturated carbocycles. The molecule has 23 heavy (non-hydrogen) atoms. The quantitative estimate of drug-likeness (QED) is 0.634. The number of thiophene rings is 1. The number of aromatic nitrogens is 1. The zero-order chi connectivity index (χ0) is 16.8. The Hall–Kier alpha value is -1.99. The lowest BCUT2D eigenvalue weighted by Crippen LogP contribution is -2.13. The van der Waals surface area contributed by atoms with Gasteiger partial charge in [-0.3, -0.25) is 4.79 Å². The molecule has 2 rings (SSSR count). The van der Waals surface area contributed by atoms with Crippen molar-refractivity contribution in [1.82, 2.24) is 4.98 Å². The van der Waals surface area contributed by atoms with Crippen molar-refractivity contribution in [2.45, 2.75) is 27.2 Å². The van der Waals surface area contributed by atoms with Crippen LogP contribution < -0.4 is 5.32 Å². The van der Waals surface area contributed by atoms with Crippen LogP contribution in [0.25, 0.3) is 6.08 Å². The molecule has 0 aliphatic rings. The van der Waals surface area contributed by atoms with Gasteiger partial charge in [0, 0.05) is 16.3 Å². The summed E-state index contributed by atoms with van der Waals surface area (Å²) < 4.78 is 5.11. The fourth-order valence-electron chi connectivity index (χ4n) is 2.13. The van der Waals surface area contributed by atoms with Crippen molar-refractivity contribution in [3.05, 3.63) is 38.7 Å². The van der Waals surface area contributed by atoms with Gasteiger partial charge in [-0.25, -0.2) is 9.78 Å². The number of anilines is 1. The summed E-state index contributed by atoms with van der Waals surface area (Å²) in [5.74, 6) is -0.695. The minimum absolute atomic E-state index is 0.299. The number of esters is 1. The van der Waals surface area contributed by atoms with Gasteiger partial charge in [-0.1, -0.05) is 6.92 Å². The summed E-state index contributed by atoms with van der Waals surface area (Å²) in [7, 11) is 0. The molecular weight excluding hydrogens is 332 g/mol. The van der Waals surface area contributed by atoms with Gasteiger partial charge in [-0.05, 0) is 31.9 Å². The summed E-state index contributed by atoms with van der Waals surface area (Å²) in [6.45, 7) is 5.98. The van der Waals surface area contributed by atoms with Crippen molar-refractivity contribution >= 4 is 45.6 Å². The van der Waals surface area contributed by atoms with E-state index in [0.29, 0.717) is 23.6 Å². The van der Waals surface area contributed by atoms with Crippen LogP contribution in [0.3, 0.4) is 0 Å². The molecule has 0 saturated heterocycles. The minimum Gasteiger partial charge on any atom is -0.462 e. The Morgan fingerprint density at radius 1 is 1.39 bits per heavy atom. The van der Waals surface area contributed by atoms with Crippen molar-refractivity contribution in [2.75, 3.05) is 11.9 Å². The molecule has 7 heteroatoms. The molecule has 0 aromatic carbocycles. The monoisotopic (exact) mass is 350 g/mol. The van der Waals surface area contributed by atoms with E-state index in [-0.39, 0.29) is 5.91 Å². The number of carbonyl (C=O) groups excluding carboxylic acids is 2. The molecule has 1 amide bonds. The lowest BCUT2D eigenvalue weighted by atomic mass is 10.1. The van der Waals surface area contributed by atoms with Crippen molar-refractivity contribution < 1.29 is 14.3 Å². The lowest BCUT2D eigenvalue weighted by Gasteiger charge is -2.06. The summed E-state index contributed by atoms with van der Waals surface area (Å²) in [6.07, 6.45) is 3.75. The Bertz CT molecular complexity index is 718. The highest BCUT2D eigenvalue weighted by atomic mass is 32.1. The summed E-state index contributed by atoms with van der Waals surface area (Å²) >= 11 is 2.85. The minimum atomic E-state index is -0.396. The Balaban J connectivity index is 2.21. The fraction of sp³-hybridized carbons (Fsp3) is 0.312. The summed E-state index contributed by atoms with van der Waals surface area (Å²) in [5.41, 5.74) is 3.82. The van der Waals surface area contributed by atoms with Gasteiger partial charge in [0.2, 0.25) is 5.91 Å². The maximum Gasteiger partial charge on any atom is 0.341 e. The highest BCUT2D eigenvalue weighted by Gasteiger charge is 2.22. The van der Waals surface area contributed by atoms with Gasteiger partial charge in [0.1, 0.15) is 5.00 Å². The van der Waals surface area contributed by atoms with Crippen LogP contribution in [0.15, 0.2) is 17.0 Å². The van der Waals surface area contributed by atoms with E-state index in [1.807, 2.05) is 19.2 Å². The van der Waals surface area contributed by atoms with Crippen LogP contribution in [0, 0.1) is 6.92 Å². The molecule has 0 atom stereocenters. The van der Waals surface area contributed by atoms with Gasteiger partial charge in [0.05, 0.1) is 23.4 Å². The van der Waals surface area contributed by atoms with Crippen molar-refractivity contribution in [3.8, 4) is 0 Å². The van der Waals surface area contributed by atoms with Crippen LogP contribution in [-0.2, 0) is 16.0 Å². The first-order valence-electron chi connectivity index (χ1n) is 7.23. The molecule has 122 valence electrons. The third-order valence-corrected chi connectivity index (χ3v) is 4.80. The first-order valence-corrected chi connectivity index (χ1v) is 8.99. The van der Waals surface area contributed by atoms with E-state index in [0.717, 1.165) is 16.1 Å². The molecule has 0 fully saturated rings. The molecular formula is C16H18N2O3S2. The topological polar surface area (TPSA) is 68.3 Å². The van der Waals surface area contributed by atoms with Gasteiger partial charge < -0.3 is 10.1 Å². The van der Waals surface area contributed by atoms with Crippen molar-refractivity contribution in [2.24, 2.45) is 0 Å². The van der Waals surface area contributed by atoms with Gasteiger partial charge in [-0.2, -0.15) is 0 Å². The molecule has 0 radical (unpaired) electrons. The number of carbonyl (C=O) groups is 2. The van der Waals surface area contributed by atoms with Gasteiger partial charge in [-0.15, -0.1) is 22.7 Å². The third-order valence-electron chi connectivity index (χ3n) is 3.14. The van der Waals surface area contributed by atoms with E-state index in [4.69, 9.17) is 4.74 Å². The Kier molecular flexibility index (Phi) is 6.06. The van der Waals surface area contributed by atoms with Crippen molar-refractivity contribution in [1.29, 1.82) is 0 Å². The molecule has 5 nitrogen and oxygen atoms in total. The number of rotatable bonds is 6. The smallest absolute Gasteiger partial charge is 0.341 e. The van der Waals surface area contributed by atoms with E-state index < -0.39 is 5.97 Å². The number of thiazole rings is 1. The van der Waals surface area contributed by atoms with E-state index in [1.165, 1.54) is 28.7 Å². The summed E-state index contributed by atoms with van der Waals surface area (Å²) in [6, 6.07) is 0. The molecule has 2 aromatic rings. The third kappa shape index (κ3) is 4.27. The first-order chi connectivity index (χ1) is 11.1. The fourth-order valence-corrected chi connectivity index (χ4v) is 3.79. The standard InChI is InChI=1S/C16H18N2O3S2/c1-4-12-10(3)23-15(14(12)16(20)21-5-2)18-13(19)7-6-11-8-22-9-17-11/h6-9H,4-5H2,1-3H3,(H,18,19)/b7-6+. The predicted octanol–water partition coefficient (Wildman–Crippen LogP) is 3.90. The highest BCUT2D eigenvalue weighted by molar-refractivity contribution is 7.16. The van der Waals surface area contributed by atoms with Crippen LogP contribution in [0.4, 0.5) is 5.00 Å². The normalized spacial score (nSPS) is 10.9. The van der Waals surface area contributed by atoms with Gasteiger partial charge in [0.25, 0.3) is 0 Å². The Morgan fingerprint density at radius 3 is 2.78 bits per heavy atom. The molecule has 1 N–H and O–H groups in total. The maximum absolute atomic E-state index is 12.2. The molecule has 0 aliphatic heterocycles. The first kappa shape index (κ1) is 17.4. The number of aryl methyl sites for hydroxylation is 1. The van der Waals surface area contributed by atoms with Crippen LogP contribution in [-0.4, -0.2) is 23.5 Å². The number of ether oxygens (including phenoxy) is 1. The number of nitrogens with zero attached hydrogens (tertiary/aromatic N) is 1. The lowest BCUT2D eigenvalue weighted by molar-refractivity contribution is -0.111. The van der Waals surface area contributed by atoms with E-state index >= 15 is 0 Å². The number of nitrogens with one attached hydrogen (secondary N) is 1. The zero-order valence-corrected chi connectivity index (χ0v) is 14.8. The van der Waals surface area contributed by atoms with E-state index in [2.05, 4.69) is 10.3 Å². The van der Waals surface area contributed by atoms with Gasteiger partial charge >= 0.3 is 5.97 Å². The molecule has 0 aliphatic carbocycles. The molecule has 2 aromatic heterocycles. The SMILES string of the molecule is CCOC(=O)c1c(NC(=O)/C=C/c2cscn2)sc(C)c1CC. The summed E-state index contributed by atoms with van der Waals surface area (Å²) in [4.78, 5) is 29.4. The number of amides is 1. The van der Waals surface area contributed by atoms with Crippen molar-refractivity contribution in [3.63, 3.8) is 0 Å². The second kappa shape index (κ2) is 8.03. The number of hydrogen-bond donors (Lipinski definition) is 1. The molecule has 0 unspecified atom stereocenters. The Labute approximate surface area is 143 Å². The molecule has 2 heterocycles. The van der Waals surface area contributed by atoms with Crippen LogP contribution >= 0.6 is 22.7 Å². The van der Waals surface area contributed by atoms with Crippen LogP contribution in [0.5, 0.6) is 0 Å². The second-order valence-corrected chi connectivity index (χ2v) is 6.59. The van der Waals surface area contributed by atoms with Crippen LogP contribution in [0.1, 0.15) is 40.3 Å². The summed E-state index contributed by atoms with van der Waals surface area (Å²) in [5, 5.41) is 5.15. The van der Waals surface area contributed by atoms with E-state index in [1.54, 1.807) is 18.5 Å². The molecule has 0 spiro atoms. The maximum atomic E-state index is 12.2. The second-order valence-electron chi connectivity index (χ2n) is 4.65. The highest BCUT2D eigenvalue weighted by Crippen LogP contribution is 2.34. The largest absolute Gasteiger partial charge is 0.462 e. The molecule has 0 bridgehead atoms. The average molecular weight is 350 g/mol.